The van der Waals surface area contributed by atoms with Gasteiger partial charge in [0.15, 0.2) is 11.5 Å². The minimum Gasteiger partial charge on any atom is -0.493 e. The lowest BCUT2D eigenvalue weighted by Crippen LogP contribution is -2.09. The number of amides is 1. The Bertz CT molecular complexity index is 817. The summed E-state index contributed by atoms with van der Waals surface area (Å²) in [5, 5.41) is 3.46. The molecule has 2 aromatic carbocycles. The molecule has 5 heteroatoms. The fourth-order valence-corrected chi connectivity index (χ4v) is 2.88. The highest BCUT2D eigenvalue weighted by molar-refractivity contribution is 6.31. The van der Waals surface area contributed by atoms with Crippen molar-refractivity contribution in [2.24, 2.45) is 0 Å². The van der Waals surface area contributed by atoms with Crippen LogP contribution in [0.2, 0.25) is 5.02 Å². The maximum absolute atomic E-state index is 12.2. The van der Waals surface area contributed by atoms with Crippen LogP contribution in [-0.2, 0) is 4.79 Å². The van der Waals surface area contributed by atoms with E-state index in [2.05, 4.69) is 12.2 Å². The zero-order valence-electron chi connectivity index (χ0n) is 16.8. The normalized spacial score (nSPS) is 10.9. The van der Waals surface area contributed by atoms with Gasteiger partial charge in [-0.3, -0.25) is 4.79 Å². The van der Waals surface area contributed by atoms with E-state index in [0.29, 0.717) is 23.1 Å². The number of anilines is 1. The predicted molar refractivity (Wildman–Crippen MR) is 116 cm³/mol. The van der Waals surface area contributed by atoms with E-state index in [1.54, 1.807) is 25.3 Å². The first-order valence-corrected chi connectivity index (χ1v) is 9.98. The van der Waals surface area contributed by atoms with Crippen molar-refractivity contribution in [2.75, 3.05) is 19.0 Å². The first kappa shape index (κ1) is 21.8. The largest absolute Gasteiger partial charge is 0.493 e. The number of unbranched alkanes of at least 4 members (excludes halogenated alkanes) is 3. The molecule has 0 radical (unpaired) electrons. The molecule has 0 saturated heterocycles. The van der Waals surface area contributed by atoms with Crippen LogP contribution in [0.1, 0.15) is 43.7 Å². The molecule has 0 heterocycles. The third kappa shape index (κ3) is 6.61. The fraction of sp³-hybridized carbons (Fsp3) is 0.348. The third-order valence-corrected chi connectivity index (χ3v) is 4.81. The standard InChI is InChI=1S/C23H28ClNO3/c1-4-5-6-7-15-28-21-13-11-18(16-22(21)27-3)12-14-23(26)25-20-10-8-9-19(24)17(20)2/h8-14,16H,4-7,15H2,1-3H3,(H,25,26). The number of carbonyl (C=O) groups excluding carboxylic acids is 1. The molecule has 28 heavy (non-hydrogen) atoms. The molecule has 0 atom stereocenters. The van der Waals surface area contributed by atoms with Crippen molar-refractivity contribution in [3.8, 4) is 11.5 Å². The number of halogens is 1. The topological polar surface area (TPSA) is 47.6 Å². The molecule has 0 spiro atoms. The van der Waals surface area contributed by atoms with Gasteiger partial charge in [-0.2, -0.15) is 0 Å². The van der Waals surface area contributed by atoms with Gasteiger partial charge < -0.3 is 14.8 Å². The van der Waals surface area contributed by atoms with Gasteiger partial charge in [0.2, 0.25) is 5.91 Å². The lowest BCUT2D eigenvalue weighted by atomic mass is 10.1. The maximum atomic E-state index is 12.2. The molecule has 150 valence electrons. The van der Waals surface area contributed by atoms with E-state index < -0.39 is 0 Å². The van der Waals surface area contributed by atoms with Gasteiger partial charge in [-0.25, -0.2) is 0 Å². The van der Waals surface area contributed by atoms with E-state index in [-0.39, 0.29) is 5.91 Å². The molecule has 0 fully saturated rings. The zero-order chi connectivity index (χ0) is 20.4. The first-order valence-electron chi connectivity index (χ1n) is 9.60. The average molecular weight is 402 g/mol. The Kier molecular flexibility index (Phi) is 8.89. The van der Waals surface area contributed by atoms with Crippen molar-refractivity contribution in [3.63, 3.8) is 0 Å². The van der Waals surface area contributed by atoms with Crippen molar-refractivity contribution in [1.29, 1.82) is 0 Å². The summed E-state index contributed by atoms with van der Waals surface area (Å²) in [7, 11) is 1.61. The number of benzene rings is 2. The van der Waals surface area contributed by atoms with Gasteiger partial charge in [0.25, 0.3) is 0 Å². The summed E-state index contributed by atoms with van der Waals surface area (Å²) in [6.45, 7) is 4.73. The molecule has 2 rings (SSSR count). The van der Waals surface area contributed by atoms with E-state index in [0.717, 1.165) is 23.3 Å². The molecular formula is C23H28ClNO3. The molecular weight excluding hydrogens is 374 g/mol. The van der Waals surface area contributed by atoms with Crippen LogP contribution in [-0.4, -0.2) is 19.6 Å². The molecule has 2 aromatic rings. The second-order valence-electron chi connectivity index (χ2n) is 6.55. The maximum Gasteiger partial charge on any atom is 0.248 e. The van der Waals surface area contributed by atoms with Crippen LogP contribution in [0.5, 0.6) is 11.5 Å². The smallest absolute Gasteiger partial charge is 0.248 e. The summed E-state index contributed by atoms with van der Waals surface area (Å²) in [6, 6.07) is 11.1. The highest BCUT2D eigenvalue weighted by atomic mass is 35.5. The highest BCUT2D eigenvalue weighted by Gasteiger charge is 2.06. The van der Waals surface area contributed by atoms with Crippen LogP contribution in [0.25, 0.3) is 6.08 Å². The molecule has 0 aliphatic heterocycles. The van der Waals surface area contributed by atoms with Gasteiger partial charge in [-0.1, -0.05) is 49.9 Å². The van der Waals surface area contributed by atoms with Crippen LogP contribution < -0.4 is 14.8 Å². The summed E-state index contributed by atoms with van der Waals surface area (Å²) in [4.78, 5) is 12.2. The summed E-state index contributed by atoms with van der Waals surface area (Å²) < 4.78 is 11.2. The minimum atomic E-state index is -0.222. The van der Waals surface area contributed by atoms with E-state index in [9.17, 15) is 4.79 Å². The minimum absolute atomic E-state index is 0.222. The highest BCUT2D eigenvalue weighted by Crippen LogP contribution is 2.29. The lowest BCUT2D eigenvalue weighted by Gasteiger charge is -2.11. The number of nitrogens with one attached hydrogen (secondary N) is 1. The Balaban J connectivity index is 1.97. The van der Waals surface area contributed by atoms with Crippen LogP contribution in [0.4, 0.5) is 5.69 Å². The van der Waals surface area contributed by atoms with Gasteiger partial charge in [0.1, 0.15) is 0 Å². The summed E-state index contributed by atoms with van der Waals surface area (Å²) in [5.41, 5.74) is 2.40. The number of methoxy groups -OCH3 is 1. The molecule has 1 N–H and O–H groups in total. The Morgan fingerprint density at radius 1 is 1.14 bits per heavy atom. The molecule has 0 aliphatic carbocycles. The predicted octanol–water partition coefficient (Wildman–Crippen LogP) is 6.27. The second-order valence-corrected chi connectivity index (χ2v) is 6.96. The van der Waals surface area contributed by atoms with Crippen molar-refractivity contribution < 1.29 is 14.3 Å². The zero-order valence-corrected chi connectivity index (χ0v) is 17.5. The van der Waals surface area contributed by atoms with Crippen molar-refractivity contribution in [1.82, 2.24) is 0 Å². The van der Waals surface area contributed by atoms with Gasteiger partial charge in [-0.15, -0.1) is 0 Å². The Labute approximate surface area is 172 Å². The van der Waals surface area contributed by atoms with Crippen LogP contribution >= 0.6 is 11.6 Å². The molecule has 0 unspecified atom stereocenters. The lowest BCUT2D eigenvalue weighted by molar-refractivity contribution is -0.111. The van der Waals surface area contributed by atoms with Gasteiger partial charge in [-0.05, 0) is 54.8 Å². The first-order chi connectivity index (χ1) is 13.5. The summed E-state index contributed by atoms with van der Waals surface area (Å²) in [6.07, 6.45) is 7.85. The number of carbonyl (C=O) groups is 1. The second kappa shape index (κ2) is 11.4. The average Bonchev–Trinajstić information content (AvgIpc) is 2.70. The van der Waals surface area contributed by atoms with E-state index in [1.165, 1.54) is 25.3 Å². The third-order valence-electron chi connectivity index (χ3n) is 4.40. The SMILES string of the molecule is CCCCCCOc1ccc(C=CC(=O)Nc2cccc(Cl)c2C)cc1OC. The molecule has 4 nitrogen and oxygen atoms in total. The fourth-order valence-electron chi connectivity index (χ4n) is 2.71. The Hall–Kier alpha value is -2.46. The van der Waals surface area contributed by atoms with Crippen LogP contribution in [0.15, 0.2) is 42.5 Å². The Morgan fingerprint density at radius 2 is 1.96 bits per heavy atom. The van der Waals surface area contributed by atoms with Gasteiger partial charge in [0, 0.05) is 16.8 Å². The number of ether oxygens (including phenoxy) is 2. The van der Waals surface area contributed by atoms with E-state index >= 15 is 0 Å². The number of hydrogen-bond acceptors (Lipinski definition) is 3. The van der Waals surface area contributed by atoms with Crippen molar-refractivity contribution in [3.05, 3.63) is 58.6 Å². The Morgan fingerprint density at radius 3 is 2.71 bits per heavy atom. The van der Waals surface area contributed by atoms with E-state index in [4.69, 9.17) is 21.1 Å². The number of rotatable bonds is 10. The van der Waals surface area contributed by atoms with Crippen molar-refractivity contribution in [2.45, 2.75) is 39.5 Å². The van der Waals surface area contributed by atoms with E-state index in [1.807, 2.05) is 31.2 Å². The quantitative estimate of drug-likeness (QED) is 0.377. The molecule has 1 amide bonds. The van der Waals surface area contributed by atoms with Crippen molar-refractivity contribution >= 4 is 29.3 Å². The molecule has 0 aromatic heterocycles. The number of hydrogen-bond donors (Lipinski definition) is 1. The molecule has 0 saturated carbocycles. The summed E-state index contributed by atoms with van der Waals surface area (Å²) in [5.74, 6) is 1.15. The van der Waals surface area contributed by atoms with Gasteiger partial charge in [0.05, 0.1) is 13.7 Å². The summed E-state index contributed by atoms with van der Waals surface area (Å²) >= 11 is 6.08. The molecule has 0 aliphatic rings. The van der Waals surface area contributed by atoms with Gasteiger partial charge >= 0.3 is 0 Å². The van der Waals surface area contributed by atoms with Crippen LogP contribution in [0, 0.1) is 6.92 Å². The monoisotopic (exact) mass is 401 g/mol. The molecule has 0 bridgehead atoms. The van der Waals surface area contributed by atoms with Crippen LogP contribution in [0.3, 0.4) is 0 Å².